The summed E-state index contributed by atoms with van der Waals surface area (Å²) in [6, 6.07) is 6.56. The number of piperidine rings is 1. The zero-order valence-corrected chi connectivity index (χ0v) is 17.6. The van der Waals surface area contributed by atoms with Gasteiger partial charge in [-0.25, -0.2) is 4.68 Å². The third-order valence-electron chi connectivity index (χ3n) is 5.72. The number of likely N-dealkylation sites (tertiary alicyclic amines) is 1. The van der Waals surface area contributed by atoms with Gasteiger partial charge in [-0.15, -0.1) is 5.10 Å². The standard InChI is InChI=1S/C21H32N6O2/c1-21(2)18(27-12-5-4-6-13-27)15-9-7-10-16(17(15)29-21)28-14-8-11-23-20-24-19(22)25-26(20)3/h7,9-10,18H,4-6,8,11-14H2,1-3H3,(H3,22,23,24,25). The van der Waals surface area contributed by atoms with Gasteiger partial charge in [0.25, 0.3) is 0 Å². The van der Waals surface area contributed by atoms with Gasteiger partial charge >= 0.3 is 0 Å². The van der Waals surface area contributed by atoms with Crippen LogP contribution in [0, 0.1) is 0 Å². The number of aryl methyl sites for hydroxylation is 1. The lowest BCUT2D eigenvalue weighted by Gasteiger charge is -2.38. The third-order valence-corrected chi connectivity index (χ3v) is 5.72. The molecule has 1 atom stereocenters. The molecule has 1 unspecified atom stereocenters. The summed E-state index contributed by atoms with van der Waals surface area (Å²) in [5.41, 5.74) is 6.59. The third kappa shape index (κ3) is 4.12. The molecule has 0 spiro atoms. The maximum Gasteiger partial charge on any atom is 0.241 e. The van der Waals surface area contributed by atoms with E-state index in [0.29, 0.717) is 12.6 Å². The van der Waals surface area contributed by atoms with Crippen molar-refractivity contribution in [2.45, 2.75) is 51.2 Å². The molecule has 3 heterocycles. The summed E-state index contributed by atoms with van der Waals surface area (Å²) in [5, 5.41) is 7.25. The van der Waals surface area contributed by atoms with Crippen LogP contribution in [-0.2, 0) is 7.05 Å². The van der Waals surface area contributed by atoms with Crippen LogP contribution in [0.15, 0.2) is 18.2 Å². The van der Waals surface area contributed by atoms with Gasteiger partial charge in [0.2, 0.25) is 11.9 Å². The highest BCUT2D eigenvalue weighted by atomic mass is 16.5. The highest BCUT2D eigenvalue weighted by Crippen LogP contribution is 2.51. The van der Waals surface area contributed by atoms with E-state index < -0.39 is 0 Å². The van der Waals surface area contributed by atoms with Gasteiger partial charge in [0.15, 0.2) is 11.5 Å². The normalized spacial score (nSPS) is 20.9. The van der Waals surface area contributed by atoms with Crippen LogP contribution in [0.2, 0.25) is 0 Å². The number of nitrogen functional groups attached to an aromatic ring is 1. The number of rotatable bonds is 7. The molecule has 2 aromatic rings. The quantitative estimate of drug-likeness (QED) is 0.691. The number of aromatic nitrogens is 3. The molecule has 2 aliphatic heterocycles. The minimum absolute atomic E-state index is 0.258. The van der Waals surface area contributed by atoms with Gasteiger partial charge in [-0.3, -0.25) is 4.90 Å². The van der Waals surface area contributed by atoms with Gasteiger partial charge in [0.1, 0.15) is 5.60 Å². The second-order valence-corrected chi connectivity index (χ2v) is 8.43. The van der Waals surface area contributed by atoms with Crippen molar-refractivity contribution in [2.75, 3.05) is 37.3 Å². The minimum Gasteiger partial charge on any atom is -0.490 e. The number of para-hydroxylation sites is 1. The summed E-state index contributed by atoms with van der Waals surface area (Å²) in [5.74, 6) is 2.67. The highest BCUT2D eigenvalue weighted by molar-refractivity contribution is 5.52. The van der Waals surface area contributed by atoms with Crippen LogP contribution in [0.5, 0.6) is 11.5 Å². The van der Waals surface area contributed by atoms with Crippen molar-refractivity contribution in [2.24, 2.45) is 7.05 Å². The summed E-state index contributed by atoms with van der Waals surface area (Å²) in [4.78, 5) is 6.71. The van der Waals surface area contributed by atoms with Gasteiger partial charge in [0, 0.05) is 19.2 Å². The van der Waals surface area contributed by atoms with Crippen molar-refractivity contribution >= 4 is 11.9 Å². The molecule has 0 amide bonds. The fraction of sp³-hybridized carbons (Fsp3) is 0.619. The summed E-state index contributed by atoms with van der Waals surface area (Å²) in [6.45, 7) is 7.97. The molecular formula is C21H32N6O2. The Bertz CT molecular complexity index is 844. The first-order valence-corrected chi connectivity index (χ1v) is 10.5. The van der Waals surface area contributed by atoms with E-state index >= 15 is 0 Å². The molecule has 8 nitrogen and oxygen atoms in total. The summed E-state index contributed by atoms with van der Waals surface area (Å²) in [6.07, 6.45) is 4.69. The number of nitrogens with two attached hydrogens (primary N) is 1. The largest absolute Gasteiger partial charge is 0.490 e. The lowest BCUT2D eigenvalue weighted by molar-refractivity contribution is 0.0186. The maximum absolute atomic E-state index is 6.42. The van der Waals surface area contributed by atoms with E-state index in [-0.39, 0.29) is 17.6 Å². The number of ether oxygens (including phenoxy) is 2. The fourth-order valence-electron chi connectivity index (χ4n) is 4.49. The first-order valence-electron chi connectivity index (χ1n) is 10.5. The second kappa shape index (κ2) is 8.10. The lowest BCUT2D eigenvalue weighted by atomic mass is 9.91. The Labute approximate surface area is 172 Å². The molecular weight excluding hydrogens is 368 g/mol. The van der Waals surface area contributed by atoms with Crippen molar-refractivity contribution in [1.82, 2.24) is 19.7 Å². The van der Waals surface area contributed by atoms with Gasteiger partial charge in [-0.1, -0.05) is 18.6 Å². The molecule has 3 N–H and O–H groups in total. The Balaban J connectivity index is 1.37. The Morgan fingerprint density at radius 3 is 2.79 bits per heavy atom. The van der Waals surface area contributed by atoms with Crippen molar-refractivity contribution in [1.29, 1.82) is 0 Å². The SMILES string of the molecule is Cn1nc(N)nc1NCCCOc1cccc2c1OC(C)(C)C2N1CCCCC1. The number of nitrogens with one attached hydrogen (secondary N) is 1. The molecule has 0 bridgehead atoms. The molecule has 1 aromatic carbocycles. The second-order valence-electron chi connectivity index (χ2n) is 8.43. The van der Waals surface area contributed by atoms with Crippen LogP contribution in [0.3, 0.4) is 0 Å². The van der Waals surface area contributed by atoms with Crippen molar-refractivity contribution in [3.8, 4) is 11.5 Å². The van der Waals surface area contributed by atoms with E-state index in [4.69, 9.17) is 15.2 Å². The van der Waals surface area contributed by atoms with Crippen molar-refractivity contribution in [3.63, 3.8) is 0 Å². The van der Waals surface area contributed by atoms with Crippen LogP contribution in [0.25, 0.3) is 0 Å². The molecule has 2 aliphatic rings. The van der Waals surface area contributed by atoms with E-state index in [1.165, 1.54) is 24.8 Å². The van der Waals surface area contributed by atoms with Crippen molar-refractivity contribution in [3.05, 3.63) is 23.8 Å². The molecule has 0 saturated carbocycles. The topological polar surface area (TPSA) is 90.5 Å². The first kappa shape index (κ1) is 19.8. The van der Waals surface area contributed by atoms with E-state index in [1.807, 2.05) is 13.1 Å². The van der Waals surface area contributed by atoms with Gasteiger partial charge < -0.3 is 20.5 Å². The smallest absolute Gasteiger partial charge is 0.241 e. The Hall–Kier alpha value is -2.48. The molecule has 0 aliphatic carbocycles. The molecule has 4 rings (SSSR count). The molecule has 0 radical (unpaired) electrons. The van der Waals surface area contributed by atoms with E-state index in [0.717, 1.165) is 37.6 Å². The lowest BCUT2D eigenvalue weighted by Crippen LogP contribution is -2.44. The van der Waals surface area contributed by atoms with Crippen molar-refractivity contribution < 1.29 is 9.47 Å². The molecule has 8 heteroatoms. The minimum atomic E-state index is -0.258. The monoisotopic (exact) mass is 400 g/mol. The number of nitrogens with zero attached hydrogens (tertiary/aromatic N) is 4. The average molecular weight is 401 g/mol. The molecule has 1 saturated heterocycles. The average Bonchev–Trinajstić information content (AvgIpc) is 3.16. The number of hydrogen-bond donors (Lipinski definition) is 2. The maximum atomic E-state index is 6.42. The highest BCUT2D eigenvalue weighted by Gasteiger charge is 2.45. The first-order chi connectivity index (χ1) is 14.0. The van der Waals surface area contributed by atoms with Gasteiger partial charge in [-0.05, 0) is 52.3 Å². The van der Waals surface area contributed by atoms with Crippen LogP contribution in [0.1, 0.15) is 51.1 Å². The Morgan fingerprint density at radius 1 is 1.28 bits per heavy atom. The zero-order valence-electron chi connectivity index (χ0n) is 17.6. The predicted octanol–water partition coefficient (Wildman–Crippen LogP) is 2.98. The van der Waals surface area contributed by atoms with E-state index in [9.17, 15) is 0 Å². The summed E-state index contributed by atoms with van der Waals surface area (Å²) < 4.78 is 14.2. The Morgan fingerprint density at radius 2 is 2.07 bits per heavy atom. The number of hydrogen-bond acceptors (Lipinski definition) is 7. The number of anilines is 2. The molecule has 158 valence electrons. The van der Waals surface area contributed by atoms with Crippen LogP contribution >= 0.6 is 0 Å². The predicted molar refractivity (Wildman–Crippen MR) is 113 cm³/mol. The van der Waals surface area contributed by atoms with E-state index in [2.05, 4.69) is 46.3 Å². The molecule has 1 aromatic heterocycles. The van der Waals surface area contributed by atoms with Crippen LogP contribution in [-0.4, -0.2) is 51.5 Å². The summed E-state index contributed by atoms with van der Waals surface area (Å²) >= 11 is 0. The number of benzene rings is 1. The summed E-state index contributed by atoms with van der Waals surface area (Å²) in [7, 11) is 1.81. The van der Waals surface area contributed by atoms with Gasteiger partial charge in [0.05, 0.1) is 12.6 Å². The number of fused-ring (bicyclic) bond motifs is 1. The molecule has 1 fully saturated rings. The Kier molecular flexibility index (Phi) is 5.54. The van der Waals surface area contributed by atoms with Crippen LogP contribution < -0.4 is 20.5 Å². The fourth-order valence-corrected chi connectivity index (χ4v) is 4.49. The van der Waals surface area contributed by atoms with Crippen LogP contribution in [0.4, 0.5) is 11.9 Å². The van der Waals surface area contributed by atoms with Gasteiger partial charge in [-0.2, -0.15) is 4.98 Å². The zero-order chi connectivity index (χ0) is 20.4. The van der Waals surface area contributed by atoms with E-state index in [1.54, 1.807) is 4.68 Å². The molecule has 29 heavy (non-hydrogen) atoms.